The van der Waals surface area contributed by atoms with Crippen LogP contribution in [-0.4, -0.2) is 5.91 Å². The average molecular weight is 224 g/mol. The van der Waals surface area contributed by atoms with Gasteiger partial charge in [-0.2, -0.15) is 0 Å². The van der Waals surface area contributed by atoms with E-state index in [-0.39, 0.29) is 5.91 Å². The number of hydrogen-bond acceptors (Lipinski definition) is 3. The summed E-state index contributed by atoms with van der Waals surface area (Å²) in [5, 5.41) is 0. The highest BCUT2D eigenvalue weighted by atomic mass is 32.1. The molecular weight excluding hydrogens is 208 g/mol. The van der Waals surface area contributed by atoms with E-state index in [0.717, 1.165) is 23.6 Å². The Hall–Kier alpha value is -0.870. The van der Waals surface area contributed by atoms with E-state index in [1.54, 1.807) is 11.3 Å². The highest BCUT2D eigenvalue weighted by Crippen LogP contribution is 2.33. The van der Waals surface area contributed by atoms with Crippen LogP contribution in [0.3, 0.4) is 0 Å². The van der Waals surface area contributed by atoms with Crippen molar-refractivity contribution in [3.05, 3.63) is 21.4 Å². The molecule has 1 heterocycles. The van der Waals surface area contributed by atoms with Crippen molar-refractivity contribution in [1.82, 2.24) is 5.43 Å². The number of carbonyl (C=O) groups is 1. The lowest BCUT2D eigenvalue weighted by molar-refractivity contribution is 0.0957. The van der Waals surface area contributed by atoms with E-state index < -0.39 is 0 Å². The number of hydrazine groups is 1. The van der Waals surface area contributed by atoms with E-state index in [1.165, 1.54) is 23.3 Å². The van der Waals surface area contributed by atoms with E-state index in [9.17, 15) is 4.79 Å². The summed E-state index contributed by atoms with van der Waals surface area (Å²) in [5.74, 6) is 5.75. The maximum Gasteiger partial charge on any atom is 0.275 e. The molecule has 1 aliphatic rings. The number of nitrogen functional groups attached to an aromatic ring is 1. The van der Waals surface area contributed by atoms with Gasteiger partial charge in [0.25, 0.3) is 5.91 Å². The summed E-state index contributed by atoms with van der Waals surface area (Å²) in [4.78, 5) is 13.5. The first-order valence-electron chi connectivity index (χ1n) is 5.37. The Labute approximate surface area is 93.6 Å². The number of aryl methyl sites for hydroxylation is 1. The molecule has 0 unspecified atom stereocenters. The molecule has 4 heteroatoms. The Kier molecular flexibility index (Phi) is 3.07. The Balaban J connectivity index is 2.21. The minimum atomic E-state index is -0.164. The first-order valence-corrected chi connectivity index (χ1v) is 6.18. The van der Waals surface area contributed by atoms with Crippen LogP contribution in [0.1, 0.15) is 39.9 Å². The van der Waals surface area contributed by atoms with Crippen LogP contribution in [0.4, 0.5) is 0 Å². The van der Waals surface area contributed by atoms with Crippen LogP contribution in [0.5, 0.6) is 0 Å². The number of amides is 1. The molecule has 82 valence electrons. The second-order valence-electron chi connectivity index (χ2n) is 4.05. The van der Waals surface area contributed by atoms with Crippen molar-refractivity contribution >= 4 is 17.2 Å². The number of thiophene rings is 1. The van der Waals surface area contributed by atoms with Crippen molar-refractivity contribution in [3.63, 3.8) is 0 Å². The fourth-order valence-electron chi connectivity index (χ4n) is 2.13. The molecule has 1 amide bonds. The van der Waals surface area contributed by atoms with E-state index in [4.69, 9.17) is 5.84 Å². The largest absolute Gasteiger partial charge is 0.289 e. The molecule has 0 bridgehead atoms. The normalized spacial score (nSPS) is 19.7. The van der Waals surface area contributed by atoms with Gasteiger partial charge in [0.2, 0.25) is 0 Å². The van der Waals surface area contributed by atoms with Gasteiger partial charge in [0, 0.05) is 4.88 Å². The maximum absolute atomic E-state index is 11.4. The van der Waals surface area contributed by atoms with Gasteiger partial charge in [-0.3, -0.25) is 10.2 Å². The third-order valence-electron chi connectivity index (χ3n) is 3.12. The van der Waals surface area contributed by atoms with Crippen molar-refractivity contribution in [2.75, 3.05) is 0 Å². The number of carbonyl (C=O) groups excluding carboxylic acids is 1. The van der Waals surface area contributed by atoms with E-state index in [0.29, 0.717) is 0 Å². The van der Waals surface area contributed by atoms with Gasteiger partial charge >= 0.3 is 0 Å². The summed E-state index contributed by atoms with van der Waals surface area (Å²) in [6.45, 7) is 2.23. The van der Waals surface area contributed by atoms with Gasteiger partial charge in [-0.05, 0) is 36.8 Å². The minimum Gasteiger partial charge on any atom is -0.289 e. The molecule has 1 aromatic rings. The van der Waals surface area contributed by atoms with Crippen molar-refractivity contribution in [1.29, 1.82) is 0 Å². The lowest BCUT2D eigenvalue weighted by Crippen LogP contribution is -2.29. The van der Waals surface area contributed by atoms with Gasteiger partial charge in [0.15, 0.2) is 0 Å². The van der Waals surface area contributed by atoms with Crippen molar-refractivity contribution in [3.8, 4) is 0 Å². The van der Waals surface area contributed by atoms with Gasteiger partial charge in [0.1, 0.15) is 0 Å². The predicted octanol–water partition coefficient (Wildman–Crippen LogP) is 1.87. The molecule has 2 rings (SSSR count). The molecule has 0 fully saturated rings. The quantitative estimate of drug-likeness (QED) is 0.458. The fraction of sp³-hybridized carbons (Fsp3) is 0.545. The summed E-state index contributed by atoms with van der Waals surface area (Å²) in [6.07, 6.45) is 4.73. The summed E-state index contributed by atoms with van der Waals surface area (Å²) in [5.41, 5.74) is 3.55. The van der Waals surface area contributed by atoms with Crippen molar-refractivity contribution in [2.45, 2.75) is 32.6 Å². The monoisotopic (exact) mass is 224 g/mol. The van der Waals surface area contributed by atoms with Crippen LogP contribution in [0, 0.1) is 5.92 Å². The molecule has 0 aromatic carbocycles. The molecule has 0 radical (unpaired) electrons. The molecule has 0 spiro atoms. The van der Waals surface area contributed by atoms with Gasteiger partial charge in [0.05, 0.1) is 4.88 Å². The molecule has 0 saturated heterocycles. The number of rotatable bonds is 2. The highest BCUT2D eigenvalue weighted by molar-refractivity contribution is 7.14. The number of nitrogens with one attached hydrogen (secondary N) is 1. The second-order valence-corrected chi connectivity index (χ2v) is 5.19. The second kappa shape index (κ2) is 4.33. The van der Waals surface area contributed by atoms with Gasteiger partial charge in [-0.25, -0.2) is 5.84 Å². The summed E-state index contributed by atoms with van der Waals surface area (Å²) in [6, 6.07) is 2.00. The lowest BCUT2D eigenvalue weighted by Gasteiger charge is -2.19. The third-order valence-corrected chi connectivity index (χ3v) is 4.35. The molecule has 0 saturated carbocycles. The Morgan fingerprint density at radius 3 is 3.20 bits per heavy atom. The molecular formula is C11H16N2OS. The summed E-state index contributed by atoms with van der Waals surface area (Å²) in [7, 11) is 0. The lowest BCUT2D eigenvalue weighted by atomic mass is 9.87. The average Bonchev–Trinajstić information content (AvgIpc) is 2.70. The van der Waals surface area contributed by atoms with Crippen LogP contribution >= 0.6 is 11.3 Å². The van der Waals surface area contributed by atoms with Crippen LogP contribution in [0.2, 0.25) is 0 Å². The minimum absolute atomic E-state index is 0.164. The molecule has 1 atom stereocenters. The number of fused-ring (bicyclic) bond motifs is 1. The summed E-state index contributed by atoms with van der Waals surface area (Å²) >= 11 is 1.59. The fourth-order valence-corrected chi connectivity index (χ4v) is 3.24. The van der Waals surface area contributed by atoms with Crippen LogP contribution in [-0.2, 0) is 12.8 Å². The number of nitrogens with two attached hydrogens (primary N) is 1. The third kappa shape index (κ3) is 2.06. The van der Waals surface area contributed by atoms with Gasteiger partial charge < -0.3 is 0 Å². The first kappa shape index (κ1) is 10.6. The zero-order chi connectivity index (χ0) is 10.8. The van der Waals surface area contributed by atoms with E-state index in [1.807, 2.05) is 6.07 Å². The summed E-state index contributed by atoms with van der Waals surface area (Å²) < 4.78 is 0. The first-order chi connectivity index (χ1) is 7.24. The van der Waals surface area contributed by atoms with Crippen molar-refractivity contribution < 1.29 is 4.79 Å². The zero-order valence-corrected chi connectivity index (χ0v) is 9.69. The zero-order valence-electron chi connectivity index (χ0n) is 8.88. The predicted molar refractivity (Wildman–Crippen MR) is 61.8 cm³/mol. The standard InChI is InChI=1S/C11H16N2OS/c1-2-7-3-4-9-8(5-7)6-10(15-9)11(14)13-12/h6-7H,2-5,12H2,1H3,(H,13,14)/t7-/m1/s1. The number of hydrogen-bond donors (Lipinski definition) is 2. The topological polar surface area (TPSA) is 55.1 Å². The smallest absolute Gasteiger partial charge is 0.275 e. The molecule has 1 aromatic heterocycles. The van der Waals surface area contributed by atoms with Crippen molar-refractivity contribution in [2.24, 2.45) is 11.8 Å². The Morgan fingerprint density at radius 1 is 1.73 bits per heavy atom. The van der Waals surface area contributed by atoms with E-state index >= 15 is 0 Å². The Bertz CT molecular complexity index is 373. The van der Waals surface area contributed by atoms with Crippen LogP contribution in [0.25, 0.3) is 0 Å². The maximum atomic E-state index is 11.4. The SMILES string of the molecule is CC[C@@H]1CCc2sc(C(=O)NN)cc2C1. The molecule has 0 aliphatic heterocycles. The molecule has 15 heavy (non-hydrogen) atoms. The molecule has 3 nitrogen and oxygen atoms in total. The Morgan fingerprint density at radius 2 is 2.53 bits per heavy atom. The highest BCUT2D eigenvalue weighted by Gasteiger charge is 2.21. The van der Waals surface area contributed by atoms with Crippen LogP contribution < -0.4 is 11.3 Å². The van der Waals surface area contributed by atoms with Gasteiger partial charge in [-0.15, -0.1) is 11.3 Å². The molecule has 1 aliphatic carbocycles. The van der Waals surface area contributed by atoms with E-state index in [2.05, 4.69) is 12.3 Å². The molecule has 3 N–H and O–H groups in total. The van der Waals surface area contributed by atoms with Crippen LogP contribution in [0.15, 0.2) is 6.07 Å². The van der Waals surface area contributed by atoms with Gasteiger partial charge in [-0.1, -0.05) is 13.3 Å².